The van der Waals surface area contributed by atoms with Gasteiger partial charge in [-0.1, -0.05) is 30.3 Å². The molecule has 0 saturated heterocycles. The standard InChI is InChI=1S/C21H23N3O4S/c1-5-27-19(25)16-12(2)15-17(22)23-14(24-18(15)29-16)11-28-20(26)21(3,4)13-9-7-6-8-10-13/h6-10H,5,11H2,1-4H3,(H2,22,23,24). The SMILES string of the molecule is CCOC(=O)c1sc2nc(COC(=O)C(C)(C)c3ccccc3)nc(N)c2c1C. The van der Waals surface area contributed by atoms with Crippen molar-refractivity contribution in [2.45, 2.75) is 39.7 Å². The van der Waals surface area contributed by atoms with E-state index in [9.17, 15) is 9.59 Å². The fourth-order valence-corrected chi connectivity index (χ4v) is 4.06. The first-order valence-electron chi connectivity index (χ1n) is 9.21. The molecule has 0 aliphatic heterocycles. The maximum Gasteiger partial charge on any atom is 0.348 e. The van der Waals surface area contributed by atoms with Crippen molar-refractivity contribution in [2.24, 2.45) is 0 Å². The van der Waals surface area contributed by atoms with Crippen molar-refractivity contribution in [1.82, 2.24) is 9.97 Å². The fraction of sp³-hybridized carbons (Fsp3) is 0.333. The normalized spacial score (nSPS) is 11.4. The van der Waals surface area contributed by atoms with Crippen LogP contribution in [0, 0.1) is 6.92 Å². The lowest BCUT2D eigenvalue weighted by Gasteiger charge is -2.22. The van der Waals surface area contributed by atoms with Gasteiger partial charge in [0.15, 0.2) is 12.4 Å². The molecule has 3 aromatic rings. The molecular weight excluding hydrogens is 390 g/mol. The van der Waals surface area contributed by atoms with Crippen LogP contribution in [-0.4, -0.2) is 28.5 Å². The number of fused-ring (bicyclic) bond motifs is 1. The van der Waals surface area contributed by atoms with Crippen LogP contribution in [0.1, 0.15) is 47.4 Å². The highest BCUT2D eigenvalue weighted by Crippen LogP contribution is 2.33. The zero-order valence-corrected chi connectivity index (χ0v) is 17.6. The first-order valence-corrected chi connectivity index (χ1v) is 10.0. The molecule has 2 aromatic heterocycles. The van der Waals surface area contributed by atoms with Crippen LogP contribution in [0.5, 0.6) is 0 Å². The number of hydrogen-bond donors (Lipinski definition) is 1. The van der Waals surface area contributed by atoms with Crippen LogP contribution in [0.3, 0.4) is 0 Å². The molecule has 0 saturated carbocycles. The minimum atomic E-state index is -0.812. The van der Waals surface area contributed by atoms with Gasteiger partial charge >= 0.3 is 11.9 Å². The second-order valence-corrected chi connectivity index (χ2v) is 8.05. The van der Waals surface area contributed by atoms with Gasteiger partial charge < -0.3 is 15.2 Å². The molecule has 29 heavy (non-hydrogen) atoms. The van der Waals surface area contributed by atoms with Gasteiger partial charge in [-0.25, -0.2) is 14.8 Å². The lowest BCUT2D eigenvalue weighted by molar-refractivity contribution is -0.151. The fourth-order valence-electron chi connectivity index (χ4n) is 2.95. The first-order chi connectivity index (χ1) is 13.8. The third-order valence-corrected chi connectivity index (χ3v) is 5.83. The van der Waals surface area contributed by atoms with Crippen molar-refractivity contribution in [2.75, 3.05) is 12.3 Å². The number of carbonyl (C=O) groups is 2. The largest absolute Gasteiger partial charge is 0.462 e. The Morgan fingerprint density at radius 2 is 1.83 bits per heavy atom. The molecule has 0 aliphatic carbocycles. The molecule has 8 heteroatoms. The Kier molecular flexibility index (Phi) is 5.83. The highest BCUT2D eigenvalue weighted by molar-refractivity contribution is 7.20. The van der Waals surface area contributed by atoms with E-state index in [1.807, 2.05) is 30.3 Å². The Labute approximate surface area is 172 Å². The lowest BCUT2D eigenvalue weighted by Crippen LogP contribution is -2.31. The topological polar surface area (TPSA) is 104 Å². The average molecular weight is 413 g/mol. The van der Waals surface area contributed by atoms with Gasteiger partial charge in [0.25, 0.3) is 0 Å². The van der Waals surface area contributed by atoms with Crippen molar-refractivity contribution in [3.63, 3.8) is 0 Å². The summed E-state index contributed by atoms with van der Waals surface area (Å²) in [6.45, 7) is 7.31. The van der Waals surface area contributed by atoms with Crippen LogP contribution in [-0.2, 0) is 26.3 Å². The second-order valence-electron chi connectivity index (χ2n) is 7.05. The number of nitrogens with two attached hydrogens (primary N) is 1. The molecule has 0 unspecified atom stereocenters. The summed E-state index contributed by atoms with van der Waals surface area (Å²) in [5.74, 6) is -0.276. The number of aryl methyl sites for hydroxylation is 1. The number of nitrogen functional groups attached to an aromatic ring is 1. The maximum absolute atomic E-state index is 12.6. The summed E-state index contributed by atoms with van der Waals surface area (Å²) < 4.78 is 10.5. The van der Waals surface area contributed by atoms with E-state index in [0.717, 1.165) is 5.56 Å². The predicted molar refractivity (Wildman–Crippen MR) is 112 cm³/mol. The van der Waals surface area contributed by atoms with E-state index < -0.39 is 11.4 Å². The van der Waals surface area contributed by atoms with Crippen LogP contribution in [0.4, 0.5) is 5.82 Å². The Hall–Kier alpha value is -3.00. The molecule has 0 amide bonds. The first kappa shape index (κ1) is 20.7. The van der Waals surface area contributed by atoms with Crippen molar-refractivity contribution in [3.05, 3.63) is 52.2 Å². The van der Waals surface area contributed by atoms with E-state index in [1.54, 1.807) is 27.7 Å². The van der Waals surface area contributed by atoms with E-state index >= 15 is 0 Å². The van der Waals surface area contributed by atoms with Crippen LogP contribution in [0.25, 0.3) is 10.2 Å². The van der Waals surface area contributed by atoms with Crippen LogP contribution in [0.15, 0.2) is 30.3 Å². The van der Waals surface area contributed by atoms with E-state index in [2.05, 4.69) is 9.97 Å². The molecule has 7 nitrogen and oxygen atoms in total. The highest BCUT2D eigenvalue weighted by atomic mass is 32.1. The summed E-state index contributed by atoms with van der Waals surface area (Å²) in [4.78, 5) is 34.4. The van der Waals surface area contributed by atoms with Crippen LogP contribution in [0.2, 0.25) is 0 Å². The van der Waals surface area contributed by atoms with Crippen LogP contribution >= 0.6 is 11.3 Å². The van der Waals surface area contributed by atoms with E-state index in [0.29, 0.717) is 20.7 Å². The maximum atomic E-state index is 12.6. The Morgan fingerprint density at radius 1 is 1.14 bits per heavy atom. The van der Waals surface area contributed by atoms with Gasteiger partial charge in [-0.05, 0) is 38.8 Å². The van der Waals surface area contributed by atoms with Gasteiger partial charge in [0.2, 0.25) is 0 Å². The van der Waals surface area contributed by atoms with Crippen molar-refractivity contribution in [3.8, 4) is 0 Å². The van der Waals surface area contributed by atoms with Gasteiger partial charge in [-0.15, -0.1) is 11.3 Å². The van der Waals surface area contributed by atoms with Gasteiger partial charge in [-0.3, -0.25) is 4.79 Å². The molecule has 0 spiro atoms. The quantitative estimate of drug-likeness (QED) is 0.613. The van der Waals surface area contributed by atoms with Crippen molar-refractivity contribution in [1.29, 1.82) is 0 Å². The molecule has 0 bridgehead atoms. The molecule has 0 atom stereocenters. The third-order valence-electron chi connectivity index (χ3n) is 4.66. The molecule has 1 aromatic carbocycles. The number of hydrogen-bond acceptors (Lipinski definition) is 8. The number of benzene rings is 1. The number of carbonyl (C=O) groups excluding carboxylic acids is 2. The molecule has 0 aliphatic rings. The van der Waals surface area contributed by atoms with Crippen molar-refractivity contribution < 1.29 is 19.1 Å². The Balaban J connectivity index is 1.82. The van der Waals surface area contributed by atoms with Gasteiger partial charge in [0.05, 0.1) is 17.4 Å². The summed E-state index contributed by atoms with van der Waals surface area (Å²) in [6.07, 6.45) is 0. The van der Waals surface area contributed by atoms with E-state index in [1.165, 1.54) is 11.3 Å². The third kappa shape index (κ3) is 4.07. The number of esters is 2. The number of aromatic nitrogens is 2. The summed E-state index contributed by atoms with van der Waals surface area (Å²) in [7, 11) is 0. The number of thiophene rings is 1. The predicted octanol–water partition coefficient (Wildman–Crippen LogP) is 3.78. The smallest absolute Gasteiger partial charge is 0.348 e. The molecule has 3 rings (SSSR count). The summed E-state index contributed by atoms with van der Waals surface area (Å²) in [6, 6.07) is 9.41. The molecule has 2 N–H and O–H groups in total. The summed E-state index contributed by atoms with van der Waals surface area (Å²) >= 11 is 1.19. The number of rotatable bonds is 6. The minimum absolute atomic E-state index is 0.110. The van der Waals surface area contributed by atoms with Crippen molar-refractivity contribution >= 4 is 39.3 Å². The zero-order chi connectivity index (χ0) is 21.2. The molecule has 0 fully saturated rings. The highest BCUT2D eigenvalue weighted by Gasteiger charge is 2.31. The Bertz CT molecular complexity index is 1060. The van der Waals surface area contributed by atoms with Gasteiger partial charge in [0, 0.05) is 0 Å². The Morgan fingerprint density at radius 3 is 2.48 bits per heavy atom. The van der Waals surface area contributed by atoms with E-state index in [-0.39, 0.29) is 30.8 Å². The average Bonchev–Trinajstić information content (AvgIpc) is 3.04. The summed E-state index contributed by atoms with van der Waals surface area (Å²) in [5, 5.41) is 0.623. The van der Waals surface area contributed by atoms with Gasteiger partial charge in [-0.2, -0.15) is 0 Å². The molecule has 0 radical (unpaired) electrons. The van der Waals surface area contributed by atoms with Gasteiger partial charge in [0.1, 0.15) is 15.5 Å². The number of nitrogens with zero attached hydrogens (tertiary/aromatic N) is 2. The molecule has 2 heterocycles. The van der Waals surface area contributed by atoms with Crippen LogP contribution < -0.4 is 5.73 Å². The number of ether oxygens (including phenoxy) is 2. The second kappa shape index (κ2) is 8.16. The molecular formula is C21H23N3O4S. The minimum Gasteiger partial charge on any atom is -0.462 e. The lowest BCUT2D eigenvalue weighted by atomic mass is 9.85. The summed E-state index contributed by atoms with van der Waals surface area (Å²) in [5.41, 5.74) is 6.82. The zero-order valence-electron chi connectivity index (χ0n) is 16.8. The van der Waals surface area contributed by atoms with E-state index in [4.69, 9.17) is 15.2 Å². The molecule has 152 valence electrons. The monoisotopic (exact) mass is 413 g/mol. The number of anilines is 1.